The van der Waals surface area contributed by atoms with Crippen LogP contribution >= 0.6 is 0 Å². The van der Waals surface area contributed by atoms with Gasteiger partial charge < -0.3 is 18.9 Å². The maximum Gasteiger partial charge on any atom is 0.120 e. The van der Waals surface area contributed by atoms with Crippen molar-refractivity contribution < 1.29 is 18.9 Å². The van der Waals surface area contributed by atoms with Crippen molar-refractivity contribution in [1.82, 2.24) is 0 Å². The van der Waals surface area contributed by atoms with Crippen LogP contribution in [0.25, 0.3) is 71.4 Å². The van der Waals surface area contributed by atoms with Gasteiger partial charge in [-0.1, -0.05) is 182 Å². The van der Waals surface area contributed by atoms with E-state index in [0.29, 0.717) is 38.3 Å². The molecule has 0 N–H and O–H groups in total. The molecule has 0 aliphatic heterocycles. The first-order valence-electron chi connectivity index (χ1n) is 25.8. The molecule has 0 aliphatic carbocycles. The fourth-order valence-corrected chi connectivity index (χ4v) is 9.81. The second-order valence-corrected chi connectivity index (χ2v) is 19.1. The molecule has 4 heteroatoms. The standard InChI is InChI=1S/C66H68O4/c1-6-11-16-47(9-4)42-67-59-33-35-62-63(40-59)65(55-26-24-53-38-57(30-28-51(53)36-55)69-44-49-18-14-13-15-19-49)61-34-32-60(68-43-48(10-5)17-12-7-2)41-64(61)66(62)56-27-25-54-39-58(31-29-52(54)37-56)70-45-50-22-20-46(8-3)21-23-50/h8,13-15,18-41,47-48H,3,6-7,9-12,16-17,42-45H2,1-2,4-5H3. The van der Waals surface area contributed by atoms with Crippen LogP contribution in [0.1, 0.15) is 95.8 Å². The molecule has 9 aromatic rings. The zero-order valence-corrected chi connectivity index (χ0v) is 41.6. The maximum absolute atomic E-state index is 6.74. The number of ether oxygens (including phenoxy) is 4. The lowest BCUT2D eigenvalue weighted by molar-refractivity contribution is 0.233. The monoisotopic (exact) mass is 925 g/mol. The Morgan fingerprint density at radius 3 is 1.30 bits per heavy atom. The summed E-state index contributed by atoms with van der Waals surface area (Å²) < 4.78 is 26.1. The average Bonchev–Trinajstić information content (AvgIpc) is 3.41. The van der Waals surface area contributed by atoms with Gasteiger partial charge in [-0.3, -0.25) is 0 Å². The number of hydrogen-bond donors (Lipinski definition) is 0. The first kappa shape index (κ1) is 48.0. The molecule has 0 spiro atoms. The molecule has 9 rings (SSSR count). The lowest BCUT2D eigenvalue weighted by Gasteiger charge is -2.21. The summed E-state index contributed by atoms with van der Waals surface area (Å²) in [6, 6.07) is 58.8. The molecule has 70 heavy (non-hydrogen) atoms. The Hall–Kier alpha value is -7.04. The summed E-state index contributed by atoms with van der Waals surface area (Å²) in [7, 11) is 0. The van der Waals surface area contributed by atoms with E-state index in [4.69, 9.17) is 18.9 Å². The Balaban J connectivity index is 1.16. The van der Waals surface area contributed by atoms with Gasteiger partial charge in [0.2, 0.25) is 0 Å². The second kappa shape index (κ2) is 23.0. The van der Waals surface area contributed by atoms with Gasteiger partial charge >= 0.3 is 0 Å². The highest BCUT2D eigenvalue weighted by atomic mass is 16.5. The summed E-state index contributed by atoms with van der Waals surface area (Å²) in [5, 5.41) is 9.24. The van der Waals surface area contributed by atoms with Crippen molar-refractivity contribution in [3.63, 3.8) is 0 Å². The van der Waals surface area contributed by atoms with Gasteiger partial charge in [0.05, 0.1) is 13.2 Å². The minimum atomic E-state index is 0.498. The van der Waals surface area contributed by atoms with Crippen molar-refractivity contribution in [3.05, 3.63) is 187 Å². The molecule has 356 valence electrons. The fraction of sp³-hybridized carbons (Fsp3) is 0.273. The van der Waals surface area contributed by atoms with E-state index in [0.717, 1.165) is 96.0 Å². The van der Waals surface area contributed by atoms with Gasteiger partial charge in [-0.25, -0.2) is 0 Å². The van der Waals surface area contributed by atoms with Crippen molar-refractivity contribution in [1.29, 1.82) is 0 Å². The zero-order valence-electron chi connectivity index (χ0n) is 41.6. The van der Waals surface area contributed by atoms with Gasteiger partial charge in [-0.2, -0.15) is 0 Å². The molecule has 0 amide bonds. The molecule has 9 aromatic carbocycles. The van der Waals surface area contributed by atoms with Gasteiger partial charge in [-0.15, -0.1) is 0 Å². The average molecular weight is 925 g/mol. The number of benzene rings is 9. The molecule has 0 radical (unpaired) electrons. The summed E-state index contributed by atoms with van der Waals surface area (Å²) in [4.78, 5) is 0. The molecular formula is C66H68O4. The third-order valence-corrected chi connectivity index (χ3v) is 14.2. The Bertz CT molecular complexity index is 3190. The fourth-order valence-electron chi connectivity index (χ4n) is 9.81. The van der Waals surface area contributed by atoms with E-state index in [1.54, 1.807) is 0 Å². The van der Waals surface area contributed by atoms with E-state index in [1.165, 1.54) is 60.4 Å². The molecule has 0 saturated heterocycles. The van der Waals surface area contributed by atoms with Crippen LogP contribution < -0.4 is 18.9 Å². The first-order chi connectivity index (χ1) is 34.4. The number of unbranched alkanes of at least 4 members (excludes halogenated alkanes) is 2. The van der Waals surface area contributed by atoms with E-state index in [9.17, 15) is 0 Å². The SMILES string of the molecule is C=Cc1ccc(COc2ccc3cc(-c4c5ccc(OCC(CC)CCCC)cc5c(-c5ccc6cc(OCc7ccccc7)ccc6c5)c5ccc(OCC(CC)CCCC)cc45)ccc3c2)cc1. The van der Waals surface area contributed by atoms with E-state index in [2.05, 4.69) is 192 Å². The van der Waals surface area contributed by atoms with Crippen LogP contribution in [0.3, 0.4) is 0 Å². The molecule has 0 aromatic heterocycles. The third kappa shape index (κ3) is 11.3. The van der Waals surface area contributed by atoms with Gasteiger partial charge in [0.1, 0.15) is 36.2 Å². The number of rotatable bonds is 23. The van der Waals surface area contributed by atoms with Crippen molar-refractivity contribution >= 4 is 49.2 Å². The van der Waals surface area contributed by atoms with E-state index in [1.807, 2.05) is 12.1 Å². The van der Waals surface area contributed by atoms with Crippen molar-refractivity contribution in [2.45, 2.75) is 92.3 Å². The van der Waals surface area contributed by atoms with Crippen LogP contribution in [0.5, 0.6) is 23.0 Å². The van der Waals surface area contributed by atoms with Crippen LogP contribution in [0, 0.1) is 11.8 Å². The highest BCUT2D eigenvalue weighted by molar-refractivity contribution is 6.22. The van der Waals surface area contributed by atoms with Crippen LogP contribution in [0.4, 0.5) is 0 Å². The summed E-state index contributed by atoms with van der Waals surface area (Å²) in [5.74, 6) is 4.54. The molecule has 4 nitrogen and oxygen atoms in total. The van der Waals surface area contributed by atoms with Crippen LogP contribution in [0.15, 0.2) is 170 Å². The van der Waals surface area contributed by atoms with Crippen molar-refractivity contribution in [2.24, 2.45) is 11.8 Å². The van der Waals surface area contributed by atoms with Gasteiger partial charge in [0.25, 0.3) is 0 Å². The summed E-state index contributed by atoms with van der Waals surface area (Å²) in [5.41, 5.74) is 8.04. The lowest BCUT2D eigenvalue weighted by Crippen LogP contribution is -2.11. The quantitative estimate of drug-likeness (QED) is 0.0599. The normalized spacial score (nSPS) is 12.3. The van der Waals surface area contributed by atoms with Gasteiger partial charge in [-0.05, 0) is 167 Å². The Morgan fingerprint density at radius 1 is 0.414 bits per heavy atom. The summed E-state index contributed by atoms with van der Waals surface area (Å²) in [6.07, 6.45) is 11.2. The molecule has 0 aliphatic rings. The van der Waals surface area contributed by atoms with E-state index in [-0.39, 0.29) is 0 Å². The van der Waals surface area contributed by atoms with Crippen LogP contribution in [-0.2, 0) is 13.2 Å². The number of hydrogen-bond acceptors (Lipinski definition) is 4. The van der Waals surface area contributed by atoms with Crippen LogP contribution in [-0.4, -0.2) is 13.2 Å². The lowest BCUT2D eigenvalue weighted by atomic mass is 9.85. The van der Waals surface area contributed by atoms with Gasteiger partial charge in [0, 0.05) is 0 Å². The molecule has 0 heterocycles. The summed E-state index contributed by atoms with van der Waals surface area (Å²) >= 11 is 0. The summed E-state index contributed by atoms with van der Waals surface area (Å²) in [6.45, 7) is 15.4. The van der Waals surface area contributed by atoms with Gasteiger partial charge in [0.15, 0.2) is 0 Å². The van der Waals surface area contributed by atoms with Crippen molar-refractivity contribution in [2.75, 3.05) is 13.2 Å². The van der Waals surface area contributed by atoms with Crippen molar-refractivity contribution in [3.8, 4) is 45.3 Å². The van der Waals surface area contributed by atoms with E-state index >= 15 is 0 Å². The highest BCUT2D eigenvalue weighted by Crippen LogP contribution is 2.47. The minimum absolute atomic E-state index is 0.498. The Kier molecular flexibility index (Phi) is 15.8. The largest absolute Gasteiger partial charge is 0.493 e. The predicted molar refractivity (Wildman–Crippen MR) is 297 cm³/mol. The first-order valence-corrected chi connectivity index (χ1v) is 25.8. The topological polar surface area (TPSA) is 36.9 Å². The number of fused-ring (bicyclic) bond motifs is 4. The Labute approximate surface area is 415 Å². The zero-order chi connectivity index (χ0) is 48.2. The van der Waals surface area contributed by atoms with Crippen LogP contribution in [0.2, 0.25) is 0 Å². The predicted octanol–water partition coefficient (Wildman–Crippen LogP) is 18.6. The maximum atomic E-state index is 6.74. The Morgan fingerprint density at radius 2 is 0.843 bits per heavy atom. The molecule has 2 unspecified atom stereocenters. The molecule has 2 atom stereocenters. The minimum Gasteiger partial charge on any atom is -0.493 e. The molecule has 0 bridgehead atoms. The molecule has 0 saturated carbocycles. The second-order valence-electron chi connectivity index (χ2n) is 19.1. The third-order valence-electron chi connectivity index (χ3n) is 14.2. The highest BCUT2D eigenvalue weighted by Gasteiger charge is 2.20. The smallest absolute Gasteiger partial charge is 0.120 e. The molecule has 0 fully saturated rings. The van der Waals surface area contributed by atoms with E-state index < -0.39 is 0 Å². The molecular weight excluding hydrogens is 857 g/mol.